The number of para-hydroxylation sites is 1. The quantitative estimate of drug-likeness (QED) is 0.842. The number of nitrogens with zero attached hydrogens (tertiary/aromatic N) is 1. The number of benzene rings is 2. The molecule has 108 valence electrons. The molecule has 2 aromatic rings. The molecule has 3 rings (SSSR count). The zero-order valence-corrected chi connectivity index (χ0v) is 13.8. The molecule has 1 N–H and O–H groups in total. The van der Waals surface area contributed by atoms with E-state index in [1.807, 2.05) is 43.4 Å². The standard InChI is InChI=1S/C16H14BrClN2O/c1-20-15-5-3-2-4-11(15)14(9-16(20)21)19-10-6-7-12(17)13(18)8-10/h2-8,14,19H,9H2,1H3. The molecule has 5 heteroatoms. The maximum atomic E-state index is 12.1. The molecule has 0 saturated heterocycles. The Morgan fingerprint density at radius 3 is 2.81 bits per heavy atom. The summed E-state index contributed by atoms with van der Waals surface area (Å²) in [7, 11) is 1.81. The van der Waals surface area contributed by atoms with Gasteiger partial charge in [-0.25, -0.2) is 0 Å². The van der Waals surface area contributed by atoms with Crippen LogP contribution >= 0.6 is 27.5 Å². The highest BCUT2D eigenvalue weighted by Gasteiger charge is 2.28. The van der Waals surface area contributed by atoms with Crippen LogP contribution < -0.4 is 10.2 Å². The van der Waals surface area contributed by atoms with Crippen LogP contribution in [-0.2, 0) is 4.79 Å². The van der Waals surface area contributed by atoms with Crippen molar-refractivity contribution in [3.8, 4) is 0 Å². The molecule has 0 radical (unpaired) electrons. The molecule has 3 nitrogen and oxygen atoms in total. The van der Waals surface area contributed by atoms with Crippen LogP contribution in [0.3, 0.4) is 0 Å². The van der Waals surface area contributed by atoms with Crippen molar-refractivity contribution in [3.63, 3.8) is 0 Å². The predicted molar refractivity (Wildman–Crippen MR) is 90.0 cm³/mol. The van der Waals surface area contributed by atoms with Crippen LogP contribution in [0.2, 0.25) is 5.02 Å². The number of halogens is 2. The molecule has 2 aromatic carbocycles. The average molecular weight is 366 g/mol. The lowest BCUT2D eigenvalue weighted by Crippen LogP contribution is -2.35. The van der Waals surface area contributed by atoms with Gasteiger partial charge in [0.2, 0.25) is 5.91 Å². The molecule has 0 bridgehead atoms. The largest absolute Gasteiger partial charge is 0.378 e. The molecule has 0 aliphatic carbocycles. The summed E-state index contributed by atoms with van der Waals surface area (Å²) in [5.74, 6) is 0.106. The van der Waals surface area contributed by atoms with Crippen molar-refractivity contribution < 1.29 is 4.79 Å². The molecule has 0 saturated carbocycles. The second kappa shape index (κ2) is 5.70. The third kappa shape index (κ3) is 2.78. The van der Waals surface area contributed by atoms with Crippen LogP contribution in [0.1, 0.15) is 18.0 Å². The maximum absolute atomic E-state index is 12.1. The first kappa shape index (κ1) is 14.4. The second-order valence-electron chi connectivity index (χ2n) is 5.04. The van der Waals surface area contributed by atoms with Crippen molar-refractivity contribution in [2.45, 2.75) is 12.5 Å². The highest BCUT2D eigenvalue weighted by atomic mass is 79.9. The van der Waals surface area contributed by atoms with E-state index in [9.17, 15) is 4.79 Å². The van der Waals surface area contributed by atoms with E-state index in [2.05, 4.69) is 27.3 Å². The Bertz CT molecular complexity index is 704. The molecule has 1 aliphatic heterocycles. The Morgan fingerprint density at radius 2 is 2.05 bits per heavy atom. The third-order valence-corrected chi connectivity index (χ3v) is 4.92. The van der Waals surface area contributed by atoms with Gasteiger partial charge in [0.15, 0.2) is 0 Å². The number of nitrogens with one attached hydrogen (secondary N) is 1. The normalized spacial score (nSPS) is 17.6. The lowest BCUT2D eigenvalue weighted by Gasteiger charge is -2.32. The van der Waals surface area contributed by atoms with E-state index < -0.39 is 0 Å². The van der Waals surface area contributed by atoms with Gasteiger partial charge in [0.05, 0.1) is 17.5 Å². The number of hydrogen-bond acceptors (Lipinski definition) is 2. The topological polar surface area (TPSA) is 32.3 Å². The summed E-state index contributed by atoms with van der Waals surface area (Å²) in [6.45, 7) is 0. The van der Waals surface area contributed by atoms with Crippen LogP contribution in [0.25, 0.3) is 0 Å². The van der Waals surface area contributed by atoms with Gasteiger partial charge in [0, 0.05) is 22.9 Å². The Balaban J connectivity index is 1.93. The highest BCUT2D eigenvalue weighted by Crippen LogP contribution is 2.36. The summed E-state index contributed by atoms with van der Waals surface area (Å²) in [6.07, 6.45) is 0.432. The van der Waals surface area contributed by atoms with Crippen molar-refractivity contribution in [2.75, 3.05) is 17.3 Å². The van der Waals surface area contributed by atoms with Crippen LogP contribution in [0.15, 0.2) is 46.9 Å². The molecule has 1 aliphatic rings. The van der Waals surface area contributed by atoms with E-state index in [4.69, 9.17) is 11.6 Å². The maximum Gasteiger partial charge on any atom is 0.229 e. The molecule has 0 aromatic heterocycles. The lowest BCUT2D eigenvalue weighted by molar-refractivity contribution is -0.118. The summed E-state index contributed by atoms with van der Waals surface area (Å²) in [5.41, 5.74) is 2.98. The average Bonchev–Trinajstić information content (AvgIpc) is 2.48. The van der Waals surface area contributed by atoms with Crippen molar-refractivity contribution in [3.05, 3.63) is 57.5 Å². The zero-order valence-electron chi connectivity index (χ0n) is 11.4. The summed E-state index contributed by atoms with van der Waals surface area (Å²) in [4.78, 5) is 13.8. The van der Waals surface area contributed by atoms with E-state index in [-0.39, 0.29) is 11.9 Å². The monoisotopic (exact) mass is 364 g/mol. The van der Waals surface area contributed by atoms with Crippen LogP contribution in [0, 0.1) is 0 Å². The van der Waals surface area contributed by atoms with Gasteiger partial charge in [-0.05, 0) is 45.8 Å². The van der Waals surface area contributed by atoms with E-state index in [1.165, 1.54) is 0 Å². The minimum atomic E-state index is -0.0397. The number of anilines is 2. The first-order valence-electron chi connectivity index (χ1n) is 6.63. The molecule has 1 heterocycles. The number of carbonyl (C=O) groups excluding carboxylic acids is 1. The Kier molecular flexibility index (Phi) is 3.91. The Morgan fingerprint density at radius 1 is 1.29 bits per heavy atom. The Hall–Kier alpha value is -1.52. The van der Waals surface area contributed by atoms with Gasteiger partial charge in [-0.3, -0.25) is 4.79 Å². The molecule has 0 fully saturated rings. The fourth-order valence-corrected chi connectivity index (χ4v) is 2.99. The molecule has 1 unspecified atom stereocenters. The minimum Gasteiger partial charge on any atom is -0.378 e. The van der Waals surface area contributed by atoms with Gasteiger partial charge >= 0.3 is 0 Å². The summed E-state index contributed by atoms with van der Waals surface area (Å²) in [6, 6.07) is 13.6. The van der Waals surface area contributed by atoms with Gasteiger partial charge in [0.1, 0.15) is 0 Å². The first-order valence-corrected chi connectivity index (χ1v) is 7.80. The fourth-order valence-electron chi connectivity index (χ4n) is 2.56. The van der Waals surface area contributed by atoms with Crippen molar-refractivity contribution in [1.82, 2.24) is 0 Å². The summed E-state index contributed by atoms with van der Waals surface area (Å²) >= 11 is 9.50. The lowest BCUT2D eigenvalue weighted by atomic mass is 9.96. The van der Waals surface area contributed by atoms with E-state index in [0.29, 0.717) is 11.4 Å². The van der Waals surface area contributed by atoms with Gasteiger partial charge < -0.3 is 10.2 Å². The molecule has 21 heavy (non-hydrogen) atoms. The second-order valence-corrected chi connectivity index (χ2v) is 6.30. The van der Waals surface area contributed by atoms with Crippen molar-refractivity contribution in [1.29, 1.82) is 0 Å². The van der Waals surface area contributed by atoms with E-state index in [0.717, 1.165) is 21.4 Å². The zero-order chi connectivity index (χ0) is 15.0. The van der Waals surface area contributed by atoms with Gasteiger partial charge in [-0.1, -0.05) is 29.8 Å². The fraction of sp³-hybridized carbons (Fsp3) is 0.188. The molecule has 0 spiro atoms. The van der Waals surface area contributed by atoms with Gasteiger partial charge in [-0.15, -0.1) is 0 Å². The van der Waals surface area contributed by atoms with Crippen LogP contribution in [0.4, 0.5) is 11.4 Å². The van der Waals surface area contributed by atoms with Gasteiger partial charge in [-0.2, -0.15) is 0 Å². The molecule has 1 atom stereocenters. The predicted octanol–water partition coefficient (Wildman–Crippen LogP) is 4.62. The number of hydrogen-bond donors (Lipinski definition) is 1. The highest BCUT2D eigenvalue weighted by molar-refractivity contribution is 9.10. The van der Waals surface area contributed by atoms with Crippen molar-refractivity contribution in [2.24, 2.45) is 0 Å². The SMILES string of the molecule is CN1C(=O)CC(Nc2ccc(Br)c(Cl)c2)c2ccccc21. The minimum absolute atomic E-state index is 0.0397. The number of fused-ring (bicyclic) bond motifs is 1. The van der Waals surface area contributed by atoms with Gasteiger partial charge in [0.25, 0.3) is 0 Å². The van der Waals surface area contributed by atoms with Crippen LogP contribution in [0.5, 0.6) is 0 Å². The number of rotatable bonds is 2. The number of carbonyl (C=O) groups is 1. The third-order valence-electron chi connectivity index (χ3n) is 3.69. The molecule has 1 amide bonds. The van der Waals surface area contributed by atoms with Crippen LogP contribution in [-0.4, -0.2) is 13.0 Å². The number of amides is 1. The molecular weight excluding hydrogens is 352 g/mol. The summed E-state index contributed by atoms with van der Waals surface area (Å²) in [5, 5.41) is 4.05. The Labute approximate surface area is 137 Å². The first-order chi connectivity index (χ1) is 10.1. The smallest absolute Gasteiger partial charge is 0.229 e. The van der Waals surface area contributed by atoms with E-state index >= 15 is 0 Å². The molecular formula is C16H14BrClN2O. The summed E-state index contributed by atoms with van der Waals surface area (Å²) < 4.78 is 0.856. The van der Waals surface area contributed by atoms with Crippen molar-refractivity contribution >= 4 is 44.8 Å². The van der Waals surface area contributed by atoms with E-state index in [1.54, 1.807) is 4.90 Å².